The summed E-state index contributed by atoms with van der Waals surface area (Å²) in [6.07, 6.45) is 2.95. The average Bonchev–Trinajstić information content (AvgIpc) is 3.39. The number of benzene rings is 8. The van der Waals surface area contributed by atoms with Crippen molar-refractivity contribution in [3.05, 3.63) is 258 Å². The molecule has 3 N–H and O–H groups in total. The zero-order valence-corrected chi connectivity index (χ0v) is 34.9. The fourth-order valence-corrected chi connectivity index (χ4v) is 8.79. The van der Waals surface area contributed by atoms with Gasteiger partial charge in [-0.15, -0.1) is 0 Å². The smallest absolute Gasteiger partial charge is 0.159 e. The number of nitrogens with one attached hydrogen (secondary N) is 3. The number of hydrogen-bond donors (Lipinski definition) is 3. The first-order valence-corrected chi connectivity index (χ1v) is 21.6. The molecule has 1 aromatic heterocycles. The second-order valence-electron chi connectivity index (χ2n) is 16.0. The van der Waals surface area contributed by atoms with Crippen molar-refractivity contribution in [2.75, 3.05) is 0 Å². The van der Waals surface area contributed by atoms with Crippen LogP contribution in [0.3, 0.4) is 0 Å². The third-order valence-corrected chi connectivity index (χ3v) is 11.9. The summed E-state index contributed by atoms with van der Waals surface area (Å²) in [5, 5.41) is 13.5. The molecule has 0 saturated heterocycles. The van der Waals surface area contributed by atoms with E-state index in [1.54, 1.807) is 0 Å². The molecule has 0 amide bonds. The molecule has 2 aliphatic rings. The summed E-state index contributed by atoms with van der Waals surface area (Å²) < 4.78 is 0. The lowest BCUT2D eigenvalue weighted by Gasteiger charge is -2.32. The van der Waals surface area contributed by atoms with Crippen molar-refractivity contribution in [3.63, 3.8) is 0 Å². The van der Waals surface area contributed by atoms with E-state index in [0.29, 0.717) is 5.84 Å². The number of aromatic nitrogens is 1. The topological polar surface area (TPSA) is 86.1 Å². The maximum atomic E-state index is 5.31. The summed E-state index contributed by atoms with van der Waals surface area (Å²) in [5.74, 6) is 2.29. The summed E-state index contributed by atoms with van der Waals surface area (Å²) in [5.41, 5.74) is 12.7. The van der Waals surface area contributed by atoms with Crippen LogP contribution in [-0.2, 0) is 0 Å². The Balaban J connectivity index is 1.03. The number of amidine groups is 3. The SMILES string of the molecule is c1ccc(C2=NC(c3cccc(-c4cccc(-c5ccccc5C5=NC(c6ccc7ccccc7c6)=NC(c6ccccc6)N5)c4-c4ccncc4)c3)NC(c3ccccc3)N2)cc1. The number of hydrogen-bond acceptors (Lipinski definition) is 7. The van der Waals surface area contributed by atoms with Crippen LogP contribution in [-0.4, -0.2) is 22.5 Å². The van der Waals surface area contributed by atoms with Crippen LogP contribution < -0.4 is 16.0 Å². The molecule has 306 valence electrons. The Labute approximate surface area is 372 Å². The van der Waals surface area contributed by atoms with Gasteiger partial charge in [0.05, 0.1) is 0 Å². The summed E-state index contributed by atoms with van der Waals surface area (Å²) >= 11 is 0. The maximum Gasteiger partial charge on any atom is 0.159 e. The molecule has 2 aliphatic heterocycles. The molecule has 0 aliphatic carbocycles. The molecule has 0 saturated carbocycles. The minimum atomic E-state index is -0.341. The maximum absolute atomic E-state index is 5.31. The van der Waals surface area contributed by atoms with Crippen LogP contribution in [0.5, 0.6) is 0 Å². The molecule has 3 unspecified atom stereocenters. The van der Waals surface area contributed by atoms with Gasteiger partial charge in [0.25, 0.3) is 0 Å². The van der Waals surface area contributed by atoms with Gasteiger partial charge in [-0.3, -0.25) is 10.3 Å². The van der Waals surface area contributed by atoms with Crippen molar-refractivity contribution in [2.45, 2.75) is 18.5 Å². The molecule has 0 radical (unpaired) electrons. The van der Waals surface area contributed by atoms with E-state index in [9.17, 15) is 0 Å². The molecular weight excluding hydrogens is 783 g/mol. The highest BCUT2D eigenvalue weighted by atomic mass is 15.3. The fourth-order valence-electron chi connectivity index (χ4n) is 8.79. The van der Waals surface area contributed by atoms with E-state index in [0.717, 1.165) is 83.8 Å². The highest BCUT2D eigenvalue weighted by molar-refractivity contribution is 6.16. The number of aliphatic imine (C=N–C) groups is 3. The highest BCUT2D eigenvalue weighted by Gasteiger charge is 2.27. The van der Waals surface area contributed by atoms with E-state index in [-0.39, 0.29) is 18.5 Å². The Bertz CT molecular complexity index is 3200. The van der Waals surface area contributed by atoms with E-state index in [1.165, 1.54) is 5.39 Å². The standard InChI is InChI=1S/C57H43N7/c1-4-17-40(18-5-1)52-59-53(41-19-6-2-7-20-41)61-55(60-52)45-25-14-24-44(37-45)47-28-15-29-49(51(47)39-32-34-58-35-33-39)48-26-12-13-27-50(48)57-63-54(42-21-8-3-9-22-42)62-56(64-57)46-31-30-38-16-10-11-23-43(38)36-46/h1-37,52,54-55,60H,(H,59,61)(H,62,63,64). The van der Waals surface area contributed by atoms with Crippen LogP contribution in [0.4, 0.5) is 0 Å². The third kappa shape index (κ3) is 7.77. The van der Waals surface area contributed by atoms with Gasteiger partial charge in [-0.25, -0.2) is 15.0 Å². The van der Waals surface area contributed by atoms with Gasteiger partial charge in [-0.2, -0.15) is 0 Å². The van der Waals surface area contributed by atoms with Crippen molar-refractivity contribution in [1.82, 2.24) is 20.9 Å². The van der Waals surface area contributed by atoms with Crippen LogP contribution in [0.2, 0.25) is 0 Å². The van der Waals surface area contributed by atoms with Gasteiger partial charge in [-0.1, -0.05) is 188 Å². The van der Waals surface area contributed by atoms with Gasteiger partial charge in [0.1, 0.15) is 30.2 Å². The van der Waals surface area contributed by atoms with Crippen molar-refractivity contribution >= 4 is 28.3 Å². The Hall–Kier alpha value is -8.26. The van der Waals surface area contributed by atoms with E-state index < -0.39 is 0 Å². The lowest BCUT2D eigenvalue weighted by molar-refractivity contribution is 0.409. The van der Waals surface area contributed by atoms with Crippen molar-refractivity contribution in [3.8, 4) is 33.4 Å². The molecule has 7 nitrogen and oxygen atoms in total. The number of rotatable bonds is 9. The van der Waals surface area contributed by atoms with Crippen molar-refractivity contribution in [2.24, 2.45) is 15.0 Å². The fraction of sp³-hybridized carbons (Fsp3) is 0.0526. The summed E-state index contributed by atoms with van der Waals surface area (Å²) in [6, 6.07) is 74.1. The van der Waals surface area contributed by atoms with Gasteiger partial charge in [0.15, 0.2) is 5.84 Å². The first-order valence-electron chi connectivity index (χ1n) is 21.6. The second-order valence-corrected chi connectivity index (χ2v) is 16.0. The number of nitrogens with zero attached hydrogens (tertiary/aromatic N) is 4. The summed E-state index contributed by atoms with van der Waals surface area (Å²) in [6.45, 7) is 0. The molecule has 8 aromatic carbocycles. The van der Waals surface area contributed by atoms with Gasteiger partial charge in [0, 0.05) is 29.1 Å². The van der Waals surface area contributed by atoms with Gasteiger partial charge in [-0.05, 0) is 85.1 Å². The molecule has 64 heavy (non-hydrogen) atoms. The van der Waals surface area contributed by atoms with Gasteiger partial charge < -0.3 is 10.6 Å². The molecule has 3 heterocycles. The first-order chi connectivity index (χ1) is 31.7. The van der Waals surface area contributed by atoms with Crippen LogP contribution in [0.15, 0.2) is 240 Å². The summed E-state index contributed by atoms with van der Waals surface area (Å²) in [4.78, 5) is 20.2. The Morgan fingerprint density at radius 1 is 0.359 bits per heavy atom. The van der Waals surface area contributed by atoms with Crippen molar-refractivity contribution < 1.29 is 0 Å². The summed E-state index contributed by atoms with van der Waals surface area (Å²) in [7, 11) is 0. The molecule has 0 fully saturated rings. The first kappa shape index (κ1) is 38.6. The Morgan fingerprint density at radius 2 is 0.984 bits per heavy atom. The van der Waals surface area contributed by atoms with Crippen LogP contribution >= 0.6 is 0 Å². The van der Waals surface area contributed by atoms with E-state index in [4.69, 9.17) is 15.0 Å². The molecule has 9 aromatic rings. The molecule has 3 atom stereocenters. The van der Waals surface area contributed by atoms with Crippen LogP contribution in [0.1, 0.15) is 51.9 Å². The zero-order valence-electron chi connectivity index (χ0n) is 34.9. The zero-order chi connectivity index (χ0) is 42.7. The Morgan fingerprint density at radius 3 is 1.78 bits per heavy atom. The molecule has 0 spiro atoms. The highest BCUT2D eigenvalue weighted by Crippen LogP contribution is 2.42. The third-order valence-electron chi connectivity index (χ3n) is 11.9. The number of pyridine rings is 1. The quantitative estimate of drug-likeness (QED) is 0.135. The lowest BCUT2D eigenvalue weighted by Crippen LogP contribution is -2.44. The molecule has 0 bridgehead atoms. The monoisotopic (exact) mass is 825 g/mol. The number of fused-ring (bicyclic) bond motifs is 1. The van der Waals surface area contributed by atoms with Crippen molar-refractivity contribution in [1.29, 1.82) is 0 Å². The van der Waals surface area contributed by atoms with E-state index in [2.05, 4.69) is 215 Å². The minimum Gasteiger partial charge on any atom is -0.350 e. The van der Waals surface area contributed by atoms with Crippen LogP contribution in [0.25, 0.3) is 44.2 Å². The average molecular weight is 826 g/mol. The second kappa shape index (κ2) is 17.2. The van der Waals surface area contributed by atoms with E-state index >= 15 is 0 Å². The molecular formula is C57H43N7. The normalized spacial score (nSPS) is 17.1. The molecule has 7 heteroatoms. The lowest BCUT2D eigenvalue weighted by atomic mass is 9.86. The molecule has 11 rings (SSSR count). The predicted octanol–water partition coefficient (Wildman–Crippen LogP) is 12.1. The van der Waals surface area contributed by atoms with Crippen LogP contribution in [0, 0.1) is 0 Å². The Kier molecular flexibility index (Phi) is 10.4. The van der Waals surface area contributed by atoms with Gasteiger partial charge in [0.2, 0.25) is 0 Å². The predicted molar refractivity (Wildman–Crippen MR) is 261 cm³/mol. The van der Waals surface area contributed by atoms with Gasteiger partial charge >= 0.3 is 0 Å². The largest absolute Gasteiger partial charge is 0.350 e. The minimum absolute atomic E-state index is 0.139. The van der Waals surface area contributed by atoms with E-state index in [1.807, 2.05) is 30.6 Å².